The number of hydrogen-bond acceptors (Lipinski definition) is 5. The molecular weight excluding hydrogens is 471 g/mol. The van der Waals surface area contributed by atoms with Gasteiger partial charge in [0.1, 0.15) is 22.7 Å². The van der Waals surface area contributed by atoms with Crippen molar-refractivity contribution in [2.75, 3.05) is 24.6 Å². The number of nitrogens with zero attached hydrogens (tertiary/aromatic N) is 4. The van der Waals surface area contributed by atoms with Gasteiger partial charge in [-0.05, 0) is 28.4 Å². The average Bonchev–Trinajstić information content (AvgIpc) is 2.75. The molecule has 1 saturated heterocycles. The number of halogens is 3. The van der Waals surface area contributed by atoms with Crippen LogP contribution >= 0.6 is 27.5 Å². The molecule has 0 saturated carbocycles. The summed E-state index contributed by atoms with van der Waals surface area (Å²) in [6, 6.07) is 11.0. The topological polar surface area (TPSA) is 41.5 Å². The van der Waals surface area contributed by atoms with Crippen LogP contribution in [0.1, 0.15) is 18.9 Å². The monoisotopic (exact) mass is 490 g/mol. The Morgan fingerprint density at radius 1 is 1.23 bits per heavy atom. The Bertz CT molecular complexity index is 1100. The first-order valence-corrected chi connectivity index (χ1v) is 11.2. The minimum absolute atomic E-state index is 0.175. The van der Waals surface area contributed by atoms with Crippen LogP contribution < -0.4 is 9.64 Å². The number of hydrogen-bond donors (Lipinski definition) is 0. The largest absolute Gasteiger partial charge is 0.491 e. The highest BCUT2D eigenvalue weighted by Gasteiger charge is 2.36. The Labute approximate surface area is 187 Å². The quantitative estimate of drug-likeness (QED) is 0.470. The summed E-state index contributed by atoms with van der Waals surface area (Å²) in [6.07, 6.45) is 2.25. The summed E-state index contributed by atoms with van der Waals surface area (Å²) in [5.74, 6) is 0.659. The maximum absolute atomic E-state index is 14.9. The van der Waals surface area contributed by atoms with E-state index >= 15 is 0 Å². The SMILES string of the molecule is C[C@H]1CN2c3ncnc4c(F)c(Br)c(Cl)c(c34)OCC[C@@H]2CN1Cc1ccccc1. The van der Waals surface area contributed by atoms with Crippen LogP contribution in [0.25, 0.3) is 10.9 Å². The molecule has 3 aromatic rings. The Balaban J connectivity index is 1.55. The third-order valence-electron chi connectivity index (χ3n) is 6.02. The van der Waals surface area contributed by atoms with E-state index in [9.17, 15) is 4.39 Å². The van der Waals surface area contributed by atoms with Crippen molar-refractivity contribution in [2.45, 2.75) is 32.0 Å². The molecule has 0 bridgehead atoms. The van der Waals surface area contributed by atoms with Gasteiger partial charge < -0.3 is 9.64 Å². The maximum atomic E-state index is 14.9. The van der Waals surface area contributed by atoms with Gasteiger partial charge in [-0.2, -0.15) is 0 Å². The molecule has 1 fully saturated rings. The predicted octanol–water partition coefficient (Wildman–Crippen LogP) is 5.05. The molecule has 2 aromatic carbocycles. The fraction of sp³-hybridized carbons (Fsp3) is 0.364. The zero-order valence-electron chi connectivity index (χ0n) is 16.5. The first-order chi connectivity index (χ1) is 14.5. The third kappa shape index (κ3) is 3.33. The summed E-state index contributed by atoms with van der Waals surface area (Å²) in [5.41, 5.74) is 1.53. The highest BCUT2D eigenvalue weighted by molar-refractivity contribution is 9.10. The van der Waals surface area contributed by atoms with E-state index in [1.54, 1.807) is 0 Å². The molecule has 2 aliphatic rings. The maximum Gasteiger partial charge on any atom is 0.165 e. The number of rotatable bonds is 2. The number of ether oxygens (including phenoxy) is 1. The van der Waals surface area contributed by atoms with Crippen molar-refractivity contribution in [3.8, 4) is 5.75 Å². The van der Waals surface area contributed by atoms with E-state index in [1.165, 1.54) is 11.9 Å². The highest BCUT2D eigenvalue weighted by Crippen LogP contribution is 2.45. The van der Waals surface area contributed by atoms with Crippen LogP contribution in [-0.4, -0.2) is 46.6 Å². The Hall–Kier alpha value is -1.96. The van der Waals surface area contributed by atoms with Crippen LogP contribution in [0.5, 0.6) is 5.75 Å². The van der Waals surface area contributed by atoms with Gasteiger partial charge in [-0.15, -0.1) is 0 Å². The minimum Gasteiger partial charge on any atom is -0.491 e. The molecule has 30 heavy (non-hydrogen) atoms. The van der Waals surface area contributed by atoms with Gasteiger partial charge in [0.25, 0.3) is 0 Å². The van der Waals surface area contributed by atoms with Crippen molar-refractivity contribution in [1.82, 2.24) is 14.9 Å². The van der Waals surface area contributed by atoms with Crippen LogP contribution in [0.3, 0.4) is 0 Å². The smallest absolute Gasteiger partial charge is 0.165 e. The van der Waals surface area contributed by atoms with Crippen molar-refractivity contribution < 1.29 is 9.13 Å². The lowest BCUT2D eigenvalue weighted by Crippen LogP contribution is -2.58. The molecule has 0 N–H and O–H groups in total. The van der Waals surface area contributed by atoms with E-state index in [0.717, 1.165) is 26.1 Å². The second-order valence-corrected chi connectivity index (χ2v) is 9.07. The normalized spacial score (nSPS) is 21.7. The summed E-state index contributed by atoms with van der Waals surface area (Å²) in [7, 11) is 0. The van der Waals surface area contributed by atoms with Crippen molar-refractivity contribution in [3.63, 3.8) is 0 Å². The van der Waals surface area contributed by atoms with Gasteiger partial charge in [0.15, 0.2) is 11.6 Å². The molecule has 0 aliphatic carbocycles. The molecular formula is C22H21BrClFN4O. The van der Waals surface area contributed by atoms with Crippen molar-refractivity contribution in [2.24, 2.45) is 0 Å². The molecule has 8 heteroatoms. The van der Waals surface area contributed by atoms with Crippen molar-refractivity contribution in [1.29, 1.82) is 0 Å². The minimum atomic E-state index is -0.487. The van der Waals surface area contributed by atoms with E-state index in [4.69, 9.17) is 16.3 Å². The standard InChI is InChI=1S/C22H21BrClFN4O/c1-13-9-29-15(11-28(13)10-14-5-3-2-4-6-14)7-8-30-21-16-20(26-12-27-22(16)29)19(25)17(23)18(21)24/h2-6,12-13,15H,7-11H2,1H3/t13-,15+/m0/s1. The molecule has 5 rings (SSSR count). The number of piperazine rings is 1. The van der Waals surface area contributed by atoms with Crippen LogP contribution in [0, 0.1) is 5.82 Å². The molecule has 5 nitrogen and oxygen atoms in total. The number of aromatic nitrogens is 2. The van der Waals surface area contributed by atoms with Crippen molar-refractivity contribution >= 4 is 44.3 Å². The molecule has 0 unspecified atom stereocenters. The van der Waals surface area contributed by atoms with Gasteiger partial charge in [-0.3, -0.25) is 4.90 Å². The first-order valence-electron chi connectivity index (χ1n) is 10.0. The Kier molecular flexibility index (Phi) is 5.29. The van der Waals surface area contributed by atoms with Crippen molar-refractivity contribution in [3.05, 3.63) is 57.5 Å². The van der Waals surface area contributed by atoms with E-state index in [2.05, 4.69) is 66.9 Å². The van der Waals surface area contributed by atoms with E-state index in [0.29, 0.717) is 29.6 Å². The zero-order valence-corrected chi connectivity index (χ0v) is 18.8. The molecule has 0 amide bonds. The van der Waals surface area contributed by atoms with Gasteiger partial charge in [0, 0.05) is 38.1 Å². The molecule has 1 aromatic heterocycles. The molecule has 0 spiro atoms. The highest BCUT2D eigenvalue weighted by atomic mass is 79.9. The van der Waals surface area contributed by atoms with E-state index < -0.39 is 5.82 Å². The second kappa shape index (κ2) is 7.94. The first kappa shape index (κ1) is 20.0. The lowest BCUT2D eigenvalue weighted by Gasteiger charge is -2.47. The fourth-order valence-corrected chi connectivity index (χ4v) is 5.05. The summed E-state index contributed by atoms with van der Waals surface area (Å²) in [5, 5.41) is 0.780. The van der Waals surface area contributed by atoms with Gasteiger partial charge in [-0.1, -0.05) is 41.9 Å². The lowest BCUT2D eigenvalue weighted by atomic mass is 10.0. The summed E-state index contributed by atoms with van der Waals surface area (Å²) in [4.78, 5) is 13.5. The summed E-state index contributed by atoms with van der Waals surface area (Å²) >= 11 is 9.67. The Morgan fingerprint density at radius 2 is 2.03 bits per heavy atom. The van der Waals surface area contributed by atoms with Gasteiger partial charge in [0.2, 0.25) is 0 Å². The van der Waals surface area contributed by atoms with Crippen LogP contribution in [0.2, 0.25) is 5.02 Å². The molecule has 0 radical (unpaired) electrons. The fourth-order valence-electron chi connectivity index (χ4n) is 4.46. The summed E-state index contributed by atoms with van der Waals surface area (Å²) in [6.45, 7) is 5.29. The Morgan fingerprint density at radius 3 is 2.83 bits per heavy atom. The van der Waals surface area contributed by atoms with Crippen LogP contribution in [0.4, 0.5) is 10.2 Å². The second-order valence-electron chi connectivity index (χ2n) is 7.90. The van der Waals surface area contributed by atoms with E-state index in [-0.39, 0.29) is 21.1 Å². The van der Waals surface area contributed by atoms with Gasteiger partial charge in [-0.25, -0.2) is 14.4 Å². The van der Waals surface area contributed by atoms with Gasteiger partial charge >= 0.3 is 0 Å². The summed E-state index contributed by atoms with van der Waals surface area (Å²) < 4.78 is 21.1. The molecule has 156 valence electrons. The van der Waals surface area contributed by atoms with E-state index in [1.807, 2.05) is 6.07 Å². The van der Waals surface area contributed by atoms with Crippen LogP contribution in [0.15, 0.2) is 41.1 Å². The number of benzene rings is 2. The molecule has 2 aliphatic heterocycles. The lowest BCUT2D eigenvalue weighted by molar-refractivity contribution is 0.140. The molecule has 3 heterocycles. The third-order valence-corrected chi connectivity index (χ3v) is 7.35. The average molecular weight is 492 g/mol. The predicted molar refractivity (Wildman–Crippen MR) is 120 cm³/mol. The molecule has 2 atom stereocenters. The zero-order chi connectivity index (χ0) is 20.8. The number of anilines is 1. The van der Waals surface area contributed by atoms with Gasteiger partial charge in [0.05, 0.1) is 16.5 Å². The number of fused-ring (bicyclic) bond motifs is 2. The van der Waals surface area contributed by atoms with Crippen LogP contribution in [-0.2, 0) is 6.54 Å².